The molecule has 5 rings (SSSR count). The van der Waals surface area contributed by atoms with Crippen LogP contribution in [-0.4, -0.2) is 14.8 Å². The third kappa shape index (κ3) is 2.89. The number of aromatic amines is 1. The average molecular weight is 412 g/mol. The van der Waals surface area contributed by atoms with Crippen molar-refractivity contribution in [3.8, 4) is 11.9 Å². The maximum Gasteiger partial charge on any atom is 0.244 e. The summed E-state index contributed by atoms with van der Waals surface area (Å²) in [6.07, 6.45) is 2.96. The summed E-state index contributed by atoms with van der Waals surface area (Å²) in [5.41, 5.74) is 11.9. The van der Waals surface area contributed by atoms with Crippen molar-refractivity contribution in [3.05, 3.63) is 70.7 Å². The predicted octanol–water partition coefficient (Wildman–Crippen LogP) is 5.10. The lowest BCUT2D eigenvalue weighted by atomic mass is 9.83. The number of rotatable bonds is 5. The van der Waals surface area contributed by atoms with Crippen LogP contribution in [0.3, 0.4) is 0 Å². The molecule has 0 bridgehead atoms. The van der Waals surface area contributed by atoms with Gasteiger partial charge in [-0.05, 0) is 43.5 Å². The van der Waals surface area contributed by atoms with Gasteiger partial charge < -0.3 is 15.0 Å². The van der Waals surface area contributed by atoms with E-state index in [2.05, 4.69) is 77.1 Å². The molecule has 0 amide bonds. The number of para-hydroxylation sites is 1. The fourth-order valence-electron chi connectivity index (χ4n) is 4.78. The van der Waals surface area contributed by atoms with Crippen LogP contribution < -0.4 is 10.5 Å². The zero-order chi connectivity index (χ0) is 21.5. The van der Waals surface area contributed by atoms with Crippen LogP contribution in [0, 0.1) is 11.3 Å². The summed E-state index contributed by atoms with van der Waals surface area (Å²) < 4.78 is 8.04. The smallest absolute Gasteiger partial charge is 0.244 e. The summed E-state index contributed by atoms with van der Waals surface area (Å²) in [5, 5.41) is 19.8. The first-order valence-electron chi connectivity index (χ1n) is 10.8. The lowest BCUT2D eigenvalue weighted by Gasteiger charge is -2.24. The first kappa shape index (κ1) is 19.3. The molecule has 0 unspecified atom stereocenters. The summed E-state index contributed by atoms with van der Waals surface area (Å²) >= 11 is 0. The number of nitrogens with two attached hydrogens (primary N) is 1. The highest BCUT2D eigenvalue weighted by molar-refractivity contribution is 6.08. The van der Waals surface area contributed by atoms with Crippen molar-refractivity contribution in [2.24, 2.45) is 5.73 Å². The van der Waals surface area contributed by atoms with Crippen LogP contribution in [0.1, 0.15) is 49.4 Å². The number of unbranched alkanes of at least 4 members (excludes halogenated alkanes) is 1. The molecule has 2 aromatic carbocycles. The molecule has 0 radical (unpaired) electrons. The van der Waals surface area contributed by atoms with Crippen LogP contribution in [0.2, 0.25) is 0 Å². The number of benzene rings is 2. The molecule has 0 spiro atoms. The quantitative estimate of drug-likeness (QED) is 0.478. The SMILES string of the molecule is CCCCc1[nH]nc2c1[C@@H](c1ccc3c(c1)c1ccccc1n3CC)C(C#N)=C(N)O2. The van der Waals surface area contributed by atoms with E-state index in [-0.39, 0.29) is 11.8 Å². The van der Waals surface area contributed by atoms with Gasteiger partial charge in [-0.25, -0.2) is 0 Å². The van der Waals surface area contributed by atoms with Gasteiger partial charge in [0.1, 0.15) is 11.6 Å². The van der Waals surface area contributed by atoms with Crippen molar-refractivity contribution in [2.75, 3.05) is 0 Å². The van der Waals surface area contributed by atoms with Crippen LogP contribution >= 0.6 is 0 Å². The molecule has 0 aliphatic carbocycles. The van der Waals surface area contributed by atoms with Crippen molar-refractivity contribution in [2.45, 2.75) is 45.6 Å². The van der Waals surface area contributed by atoms with Crippen molar-refractivity contribution in [1.82, 2.24) is 14.8 Å². The Kier molecular flexibility index (Phi) is 4.67. The number of H-pyrrole nitrogens is 1. The zero-order valence-corrected chi connectivity index (χ0v) is 17.8. The van der Waals surface area contributed by atoms with Crippen LogP contribution in [0.15, 0.2) is 53.9 Å². The Morgan fingerprint density at radius 3 is 2.74 bits per heavy atom. The van der Waals surface area contributed by atoms with E-state index in [1.54, 1.807) is 0 Å². The first-order chi connectivity index (χ1) is 15.2. The van der Waals surface area contributed by atoms with Gasteiger partial charge in [-0.3, -0.25) is 5.10 Å². The molecule has 156 valence electrons. The molecule has 1 aliphatic heterocycles. The van der Waals surface area contributed by atoms with E-state index in [1.807, 2.05) is 0 Å². The number of aryl methyl sites for hydroxylation is 2. The van der Waals surface area contributed by atoms with Gasteiger partial charge in [0.15, 0.2) is 0 Å². The van der Waals surface area contributed by atoms with E-state index < -0.39 is 0 Å². The molecule has 0 fully saturated rings. The van der Waals surface area contributed by atoms with Crippen LogP contribution in [-0.2, 0) is 13.0 Å². The minimum absolute atomic E-state index is 0.129. The van der Waals surface area contributed by atoms with Crippen LogP contribution in [0.5, 0.6) is 5.88 Å². The lowest BCUT2D eigenvalue weighted by molar-refractivity contribution is 0.378. The third-order valence-electron chi connectivity index (χ3n) is 6.24. The minimum Gasteiger partial charge on any atom is -0.420 e. The monoisotopic (exact) mass is 411 g/mol. The van der Waals surface area contributed by atoms with Gasteiger partial charge in [-0.2, -0.15) is 5.26 Å². The molecule has 0 saturated carbocycles. The number of hydrogen-bond acceptors (Lipinski definition) is 4. The highest BCUT2D eigenvalue weighted by Gasteiger charge is 2.35. The number of allylic oxidation sites excluding steroid dienone is 1. The van der Waals surface area contributed by atoms with Crippen molar-refractivity contribution in [1.29, 1.82) is 5.26 Å². The summed E-state index contributed by atoms with van der Waals surface area (Å²) in [5.74, 6) is 0.306. The second kappa shape index (κ2) is 7.51. The molecular formula is C25H25N5O. The van der Waals surface area contributed by atoms with E-state index in [0.717, 1.165) is 42.6 Å². The van der Waals surface area contributed by atoms with Gasteiger partial charge in [0.05, 0.1) is 5.92 Å². The van der Waals surface area contributed by atoms with Crippen LogP contribution in [0.4, 0.5) is 0 Å². The van der Waals surface area contributed by atoms with Gasteiger partial charge in [0.25, 0.3) is 0 Å². The zero-order valence-electron chi connectivity index (χ0n) is 17.8. The second-order valence-electron chi connectivity index (χ2n) is 7.99. The predicted molar refractivity (Wildman–Crippen MR) is 122 cm³/mol. The first-order valence-corrected chi connectivity index (χ1v) is 10.8. The number of aromatic nitrogens is 3. The van der Waals surface area contributed by atoms with Gasteiger partial charge in [0, 0.05) is 39.6 Å². The maximum absolute atomic E-state index is 9.95. The highest BCUT2D eigenvalue weighted by Crippen LogP contribution is 2.44. The van der Waals surface area contributed by atoms with Gasteiger partial charge in [0.2, 0.25) is 11.8 Å². The molecular weight excluding hydrogens is 386 g/mol. The van der Waals surface area contributed by atoms with Crippen LogP contribution in [0.25, 0.3) is 21.8 Å². The molecule has 1 aliphatic rings. The molecule has 3 heterocycles. The lowest BCUT2D eigenvalue weighted by Crippen LogP contribution is -2.21. The topological polar surface area (TPSA) is 92.7 Å². The van der Waals surface area contributed by atoms with Crippen molar-refractivity contribution in [3.63, 3.8) is 0 Å². The molecule has 3 N–H and O–H groups in total. The fraction of sp³-hybridized carbons (Fsp3) is 0.280. The number of nitrogens with one attached hydrogen (secondary N) is 1. The molecule has 4 aromatic rings. The standard InChI is InChI=1S/C25H25N5O/c1-3-5-9-19-23-22(18(14-26)24(27)31-25(23)29-28-19)15-11-12-21-17(13-15)16-8-6-7-10-20(16)30(21)4-2/h6-8,10-13,22H,3-5,9,27H2,1-2H3,(H,28,29)/t22-/m0/s1. The summed E-state index contributed by atoms with van der Waals surface area (Å²) in [6.45, 7) is 5.21. The van der Waals surface area contributed by atoms with E-state index in [9.17, 15) is 5.26 Å². The number of nitrogens with zero attached hydrogens (tertiary/aromatic N) is 3. The molecule has 2 aromatic heterocycles. The number of nitriles is 1. The van der Waals surface area contributed by atoms with Gasteiger partial charge >= 0.3 is 0 Å². The fourth-order valence-corrected chi connectivity index (χ4v) is 4.78. The summed E-state index contributed by atoms with van der Waals surface area (Å²) in [7, 11) is 0. The Morgan fingerprint density at radius 2 is 1.97 bits per heavy atom. The average Bonchev–Trinajstić information content (AvgIpc) is 3.34. The van der Waals surface area contributed by atoms with E-state index >= 15 is 0 Å². The Morgan fingerprint density at radius 1 is 1.16 bits per heavy atom. The third-order valence-corrected chi connectivity index (χ3v) is 6.24. The molecule has 6 nitrogen and oxygen atoms in total. The Bertz CT molecular complexity index is 1370. The van der Waals surface area contributed by atoms with Gasteiger partial charge in [-0.15, -0.1) is 5.10 Å². The molecule has 0 saturated heterocycles. The summed E-state index contributed by atoms with van der Waals surface area (Å²) in [6, 6.07) is 17.2. The Balaban J connectivity index is 1.75. The van der Waals surface area contributed by atoms with E-state index in [4.69, 9.17) is 10.5 Å². The van der Waals surface area contributed by atoms with E-state index in [1.165, 1.54) is 21.8 Å². The van der Waals surface area contributed by atoms with Gasteiger partial charge in [-0.1, -0.05) is 37.6 Å². The van der Waals surface area contributed by atoms with Crippen molar-refractivity contribution >= 4 is 21.8 Å². The van der Waals surface area contributed by atoms with Crippen molar-refractivity contribution < 1.29 is 4.74 Å². The summed E-state index contributed by atoms with van der Waals surface area (Å²) in [4.78, 5) is 0. The highest BCUT2D eigenvalue weighted by atomic mass is 16.5. The minimum atomic E-state index is -0.299. The number of fused-ring (bicyclic) bond motifs is 4. The molecule has 1 atom stereocenters. The molecule has 31 heavy (non-hydrogen) atoms. The molecule has 6 heteroatoms. The number of ether oxygens (including phenoxy) is 1. The number of hydrogen-bond donors (Lipinski definition) is 2. The normalized spacial score (nSPS) is 15.8. The second-order valence-corrected chi connectivity index (χ2v) is 7.99. The van der Waals surface area contributed by atoms with E-state index in [0.29, 0.717) is 11.5 Å². The Hall–Kier alpha value is -3.72. The largest absolute Gasteiger partial charge is 0.420 e. The Labute approximate surface area is 180 Å². The maximum atomic E-state index is 9.95.